The van der Waals surface area contributed by atoms with Gasteiger partial charge in [0, 0.05) is 54.2 Å². The molecule has 1 fully saturated rings. The fourth-order valence-electron chi connectivity index (χ4n) is 4.47. The second-order valence-corrected chi connectivity index (χ2v) is 10.0. The molecule has 2 heterocycles. The van der Waals surface area contributed by atoms with Gasteiger partial charge in [-0.15, -0.1) is 0 Å². The summed E-state index contributed by atoms with van der Waals surface area (Å²) in [5, 5.41) is 17.5. The zero-order valence-electron chi connectivity index (χ0n) is 21.6. The fourth-order valence-corrected chi connectivity index (χ4v) is 4.81. The first kappa shape index (κ1) is 27.8. The van der Waals surface area contributed by atoms with Crippen LogP contribution in [0.4, 0.5) is 17.1 Å². The Kier molecular flexibility index (Phi) is 8.27. The first-order chi connectivity index (χ1) is 19.8. The van der Waals surface area contributed by atoms with Gasteiger partial charge in [-0.1, -0.05) is 23.7 Å². The summed E-state index contributed by atoms with van der Waals surface area (Å²) in [6.45, 7) is 2.59. The third-order valence-corrected chi connectivity index (χ3v) is 7.03. The van der Waals surface area contributed by atoms with E-state index in [1.165, 1.54) is 18.2 Å². The second kappa shape index (κ2) is 12.2. The van der Waals surface area contributed by atoms with Crippen LogP contribution < -0.4 is 15.5 Å². The number of carbonyl (C=O) groups excluding carboxylic acids is 2. The lowest BCUT2D eigenvalue weighted by Crippen LogP contribution is -2.48. The number of nitrogens with zero attached hydrogens (tertiary/aromatic N) is 3. The van der Waals surface area contributed by atoms with Crippen LogP contribution in [0.5, 0.6) is 0 Å². The summed E-state index contributed by atoms with van der Waals surface area (Å²) in [6.07, 6.45) is 0. The maximum atomic E-state index is 12.8. The topological polar surface area (TPSA) is 121 Å². The number of halogens is 1. The molecular formula is C29H24ClN5O5S. The molecule has 2 amide bonds. The Hall–Kier alpha value is -4.74. The summed E-state index contributed by atoms with van der Waals surface area (Å²) in [5.74, 6) is -0.433. The number of amides is 2. The van der Waals surface area contributed by atoms with Crippen LogP contribution in [0.25, 0.3) is 11.3 Å². The third-order valence-electron chi connectivity index (χ3n) is 6.57. The van der Waals surface area contributed by atoms with Crippen LogP contribution in [0.2, 0.25) is 5.02 Å². The summed E-state index contributed by atoms with van der Waals surface area (Å²) < 4.78 is 5.57. The number of benzene rings is 3. The molecule has 41 heavy (non-hydrogen) atoms. The van der Waals surface area contributed by atoms with Crippen LogP contribution in [0.1, 0.15) is 20.9 Å². The van der Waals surface area contributed by atoms with E-state index in [2.05, 4.69) is 15.5 Å². The van der Waals surface area contributed by atoms with Gasteiger partial charge in [-0.25, -0.2) is 0 Å². The van der Waals surface area contributed by atoms with Crippen LogP contribution >= 0.6 is 23.8 Å². The fraction of sp³-hybridized carbons (Fsp3) is 0.138. The Morgan fingerprint density at radius 1 is 0.902 bits per heavy atom. The summed E-state index contributed by atoms with van der Waals surface area (Å²) >= 11 is 11.2. The van der Waals surface area contributed by atoms with Crippen LogP contribution in [-0.4, -0.2) is 52.9 Å². The highest BCUT2D eigenvalue weighted by molar-refractivity contribution is 7.80. The zero-order chi connectivity index (χ0) is 28.9. The molecule has 2 N–H and O–H groups in total. The molecule has 4 aromatic rings. The minimum absolute atomic E-state index is 0.0106. The summed E-state index contributed by atoms with van der Waals surface area (Å²) in [7, 11) is 0. The van der Waals surface area contributed by atoms with Gasteiger partial charge >= 0.3 is 0 Å². The van der Waals surface area contributed by atoms with E-state index in [9.17, 15) is 19.7 Å². The molecule has 1 aliphatic rings. The van der Waals surface area contributed by atoms with E-state index in [4.69, 9.17) is 28.2 Å². The zero-order valence-corrected chi connectivity index (χ0v) is 23.2. The van der Waals surface area contributed by atoms with Crippen LogP contribution in [-0.2, 0) is 0 Å². The lowest BCUT2D eigenvalue weighted by molar-refractivity contribution is -0.384. The van der Waals surface area contributed by atoms with E-state index >= 15 is 0 Å². The number of hydrogen-bond donors (Lipinski definition) is 2. The summed E-state index contributed by atoms with van der Waals surface area (Å²) in [5.41, 5.74) is 2.45. The number of carbonyl (C=O) groups is 2. The van der Waals surface area contributed by atoms with Gasteiger partial charge in [0.15, 0.2) is 10.9 Å². The number of nitro benzene ring substituents is 1. The Morgan fingerprint density at radius 2 is 1.59 bits per heavy atom. The molecule has 1 saturated heterocycles. The Bertz CT molecular complexity index is 1600. The SMILES string of the molecule is O=C(NC(=S)Nc1ccc(N2CCN(C(=O)c3ccc(Cl)cc3)CC2)cc1)c1ccc(-c2ccccc2[N+](=O)[O-])o1. The maximum absolute atomic E-state index is 12.8. The van der Waals surface area contributed by atoms with Crippen LogP contribution in [0, 0.1) is 10.1 Å². The van der Waals surface area contributed by atoms with E-state index in [0.29, 0.717) is 42.5 Å². The van der Waals surface area contributed by atoms with Gasteiger partial charge < -0.3 is 19.5 Å². The number of furan rings is 1. The van der Waals surface area contributed by atoms with E-state index in [0.717, 1.165) is 5.69 Å². The largest absolute Gasteiger partial charge is 0.451 e. The molecule has 12 heteroatoms. The van der Waals surface area contributed by atoms with Crippen molar-refractivity contribution in [2.24, 2.45) is 0 Å². The average Bonchev–Trinajstić information content (AvgIpc) is 3.48. The minimum atomic E-state index is -0.588. The molecule has 208 valence electrons. The average molecular weight is 590 g/mol. The normalized spacial score (nSPS) is 13.0. The predicted molar refractivity (Wildman–Crippen MR) is 160 cm³/mol. The van der Waals surface area contributed by atoms with Crippen molar-refractivity contribution < 1.29 is 18.9 Å². The molecule has 0 bridgehead atoms. The standard InChI is InChI=1S/C29H24ClN5O5S/c30-20-7-5-19(6-8-20)28(37)34-17-15-33(16-18-34)22-11-9-21(10-12-22)31-29(41)32-27(36)26-14-13-25(40-26)23-3-1-2-4-24(23)35(38)39/h1-14H,15-18H2,(H2,31,32,36,41). The first-order valence-corrected chi connectivity index (χ1v) is 13.4. The number of nitrogens with one attached hydrogen (secondary N) is 2. The van der Waals surface area contributed by atoms with E-state index in [1.54, 1.807) is 42.5 Å². The molecule has 0 unspecified atom stereocenters. The highest BCUT2D eigenvalue weighted by atomic mass is 35.5. The molecule has 3 aromatic carbocycles. The van der Waals surface area contributed by atoms with Gasteiger partial charge in [0.2, 0.25) is 0 Å². The molecular weight excluding hydrogens is 566 g/mol. The molecule has 0 aliphatic carbocycles. The molecule has 0 spiro atoms. The van der Waals surface area contributed by atoms with Crippen molar-refractivity contribution >= 4 is 57.8 Å². The van der Waals surface area contributed by atoms with Gasteiger partial charge in [-0.2, -0.15) is 0 Å². The smallest absolute Gasteiger partial charge is 0.293 e. The van der Waals surface area contributed by atoms with Crippen molar-refractivity contribution in [1.82, 2.24) is 10.2 Å². The lowest BCUT2D eigenvalue weighted by atomic mass is 10.1. The molecule has 0 saturated carbocycles. The number of nitro groups is 1. The van der Waals surface area contributed by atoms with Crippen LogP contribution in [0.15, 0.2) is 89.3 Å². The van der Waals surface area contributed by atoms with Crippen molar-refractivity contribution in [3.8, 4) is 11.3 Å². The number of piperazine rings is 1. The molecule has 1 aliphatic heterocycles. The van der Waals surface area contributed by atoms with Crippen molar-refractivity contribution in [3.05, 3.63) is 111 Å². The first-order valence-electron chi connectivity index (χ1n) is 12.6. The van der Waals surface area contributed by atoms with Gasteiger partial charge in [0.05, 0.1) is 10.5 Å². The quantitative estimate of drug-likeness (QED) is 0.169. The van der Waals surface area contributed by atoms with Crippen molar-refractivity contribution in [2.75, 3.05) is 36.4 Å². The number of hydrogen-bond acceptors (Lipinski definition) is 7. The van der Waals surface area contributed by atoms with Gasteiger partial charge in [-0.05, 0) is 78.9 Å². The summed E-state index contributed by atoms with van der Waals surface area (Å²) in [4.78, 5) is 40.2. The monoisotopic (exact) mass is 589 g/mol. The molecule has 0 radical (unpaired) electrons. The van der Waals surface area contributed by atoms with Crippen molar-refractivity contribution in [3.63, 3.8) is 0 Å². The Labute approximate surface area is 245 Å². The Morgan fingerprint density at radius 3 is 2.27 bits per heavy atom. The number of para-hydroxylation sites is 1. The number of rotatable bonds is 6. The van der Waals surface area contributed by atoms with Crippen LogP contribution in [0.3, 0.4) is 0 Å². The van der Waals surface area contributed by atoms with Crippen molar-refractivity contribution in [1.29, 1.82) is 0 Å². The van der Waals surface area contributed by atoms with Gasteiger partial charge in [0.25, 0.3) is 17.5 Å². The molecule has 1 aromatic heterocycles. The molecule has 5 rings (SSSR count). The van der Waals surface area contributed by atoms with E-state index < -0.39 is 10.8 Å². The third kappa shape index (κ3) is 6.53. The van der Waals surface area contributed by atoms with Gasteiger partial charge in [0.1, 0.15) is 5.76 Å². The van der Waals surface area contributed by atoms with Crippen molar-refractivity contribution in [2.45, 2.75) is 0 Å². The predicted octanol–water partition coefficient (Wildman–Crippen LogP) is 5.60. The second-order valence-electron chi connectivity index (χ2n) is 9.18. The highest BCUT2D eigenvalue weighted by Crippen LogP contribution is 2.31. The molecule has 10 nitrogen and oxygen atoms in total. The minimum Gasteiger partial charge on any atom is -0.451 e. The van der Waals surface area contributed by atoms with Gasteiger partial charge in [-0.3, -0.25) is 25.0 Å². The van der Waals surface area contributed by atoms with E-state index in [-0.39, 0.29) is 33.8 Å². The highest BCUT2D eigenvalue weighted by Gasteiger charge is 2.23. The number of anilines is 2. The number of thiocarbonyl (C=S) groups is 1. The molecule has 0 atom stereocenters. The maximum Gasteiger partial charge on any atom is 0.293 e. The Balaban J connectivity index is 1.13. The summed E-state index contributed by atoms with van der Waals surface area (Å²) in [6, 6.07) is 23.5. The van der Waals surface area contributed by atoms with E-state index in [1.807, 2.05) is 29.2 Å². The lowest BCUT2D eigenvalue weighted by Gasteiger charge is -2.36.